The monoisotopic (exact) mass is 422 g/mol. The van der Waals surface area contributed by atoms with Gasteiger partial charge >= 0.3 is 0 Å². The van der Waals surface area contributed by atoms with Gasteiger partial charge in [-0.25, -0.2) is 0 Å². The molecule has 1 amide bonds. The predicted octanol–water partition coefficient (Wildman–Crippen LogP) is 4.54. The van der Waals surface area contributed by atoms with Gasteiger partial charge in [-0.1, -0.05) is 53.4 Å². The number of thioether (sulfide) groups is 1. The minimum Gasteiger partial charge on any atom is -0.357 e. The van der Waals surface area contributed by atoms with Crippen LogP contribution in [0.4, 0.5) is 5.13 Å². The summed E-state index contributed by atoms with van der Waals surface area (Å²) in [5.41, 5.74) is 4.29. The average Bonchev–Trinajstić information content (AvgIpc) is 3.17. The Labute approximate surface area is 175 Å². The first-order valence-electron chi connectivity index (χ1n) is 8.96. The van der Waals surface area contributed by atoms with Crippen LogP contribution in [0.15, 0.2) is 57.7 Å². The van der Waals surface area contributed by atoms with Gasteiger partial charge in [0, 0.05) is 28.5 Å². The highest BCUT2D eigenvalue weighted by Gasteiger charge is 2.12. The molecule has 29 heavy (non-hydrogen) atoms. The van der Waals surface area contributed by atoms with Gasteiger partial charge in [-0.15, -0.1) is 10.2 Å². The van der Waals surface area contributed by atoms with Gasteiger partial charge < -0.3 is 4.98 Å². The molecule has 2 aromatic heterocycles. The molecule has 0 atom stereocenters. The summed E-state index contributed by atoms with van der Waals surface area (Å²) in [4.78, 5) is 28.1. The minimum absolute atomic E-state index is 0.0172. The lowest BCUT2D eigenvalue weighted by atomic mass is 10.0. The van der Waals surface area contributed by atoms with E-state index in [1.54, 1.807) is 18.2 Å². The third kappa shape index (κ3) is 4.23. The normalized spacial score (nSPS) is 11.0. The van der Waals surface area contributed by atoms with Gasteiger partial charge in [0.05, 0.1) is 5.52 Å². The summed E-state index contributed by atoms with van der Waals surface area (Å²) in [6.07, 6.45) is 0. The molecular weight excluding hydrogens is 404 g/mol. The summed E-state index contributed by atoms with van der Waals surface area (Å²) < 4.78 is 0.718. The van der Waals surface area contributed by atoms with E-state index in [4.69, 9.17) is 0 Å². The van der Waals surface area contributed by atoms with Gasteiger partial charge in [-0.05, 0) is 37.1 Å². The SMILES string of the molecule is Cc1ccc(C)c2c(=O)cc(CSc3nnc(NC(=O)c4ccccc4)s3)[nH]c12. The highest BCUT2D eigenvalue weighted by molar-refractivity contribution is 8.00. The number of fused-ring (bicyclic) bond motifs is 1. The zero-order valence-electron chi connectivity index (χ0n) is 15.9. The highest BCUT2D eigenvalue weighted by Crippen LogP contribution is 2.28. The van der Waals surface area contributed by atoms with Crippen molar-refractivity contribution in [3.05, 3.63) is 81.1 Å². The van der Waals surface area contributed by atoms with Gasteiger partial charge in [-0.2, -0.15) is 0 Å². The Bertz CT molecular complexity index is 1250. The average molecular weight is 423 g/mol. The molecule has 0 aliphatic heterocycles. The number of nitrogens with one attached hydrogen (secondary N) is 2. The van der Waals surface area contributed by atoms with E-state index in [9.17, 15) is 9.59 Å². The molecular formula is C21H18N4O2S2. The first-order valence-corrected chi connectivity index (χ1v) is 10.8. The van der Waals surface area contributed by atoms with Crippen molar-refractivity contribution in [3.63, 3.8) is 0 Å². The van der Waals surface area contributed by atoms with E-state index in [-0.39, 0.29) is 11.3 Å². The van der Waals surface area contributed by atoms with Crippen molar-refractivity contribution in [2.24, 2.45) is 0 Å². The molecule has 0 fully saturated rings. The molecule has 6 nitrogen and oxygen atoms in total. The second kappa shape index (κ2) is 8.18. The quantitative estimate of drug-likeness (QED) is 0.364. The Morgan fingerprint density at radius 3 is 2.66 bits per heavy atom. The van der Waals surface area contributed by atoms with Crippen LogP contribution < -0.4 is 10.7 Å². The Kier molecular flexibility index (Phi) is 5.46. The number of aryl methyl sites for hydroxylation is 2. The number of rotatable bonds is 5. The van der Waals surface area contributed by atoms with E-state index < -0.39 is 0 Å². The van der Waals surface area contributed by atoms with E-state index in [1.165, 1.54) is 23.1 Å². The van der Waals surface area contributed by atoms with Crippen LogP contribution in [0.2, 0.25) is 0 Å². The second-order valence-corrected chi connectivity index (χ2v) is 8.79. The zero-order chi connectivity index (χ0) is 20.4. The van der Waals surface area contributed by atoms with Crippen LogP contribution in [0.25, 0.3) is 10.9 Å². The molecule has 0 aliphatic carbocycles. The third-order valence-electron chi connectivity index (χ3n) is 4.47. The first kappa shape index (κ1) is 19.4. The van der Waals surface area contributed by atoms with Crippen LogP contribution in [-0.4, -0.2) is 21.1 Å². The largest absolute Gasteiger partial charge is 0.357 e. The second-order valence-electron chi connectivity index (χ2n) is 6.59. The Hall–Kier alpha value is -2.97. The molecule has 2 heterocycles. The van der Waals surface area contributed by atoms with Crippen LogP contribution in [0.1, 0.15) is 27.2 Å². The lowest BCUT2D eigenvalue weighted by Gasteiger charge is -2.08. The number of aromatic nitrogens is 3. The topological polar surface area (TPSA) is 87.7 Å². The summed E-state index contributed by atoms with van der Waals surface area (Å²) in [6.45, 7) is 3.93. The summed E-state index contributed by atoms with van der Waals surface area (Å²) in [6, 6.07) is 14.6. The van der Waals surface area contributed by atoms with Crippen LogP contribution in [-0.2, 0) is 5.75 Å². The highest BCUT2D eigenvalue weighted by atomic mass is 32.2. The van der Waals surface area contributed by atoms with E-state index in [0.29, 0.717) is 16.4 Å². The fourth-order valence-corrected chi connectivity index (χ4v) is 4.67. The molecule has 0 aliphatic rings. The molecule has 8 heteroatoms. The van der Waals surface area contributed by atoms with Crippen molar-refractivity contribution in [3.8, 4) is 0 Å². The third-order valence-corrected chi connectivity index (χ3v) is 6.49. The molecule has 146 valence electrons. The number of benzene rings is 2. The number of pyridine rings is 1. The lowest BCUT2D eigenvalue weighted by Crippen LogP contribution is -2.11. The molecule has 0 spiro atoms. The molecule has 0 saturated carbocycles. The standard InChI is InChI=1S/C21H18N4O2S2/c1-12-8-9-13(2)18-17(12)16(26)10-15(22-18)11-28-21-25-24-20(29-21)23-19(27)14-6-4-3-5-7-14/h3-10H,11H2,1-2H3,(H,22,26)(H,23,24,27). The van der Waals surface area contributed by atoms with E-state index in [0.717, 1.165) is 32.1 Å². The smallest absolute Gasteiger partial charge is 0.257 e. The summed E-state index contributed by atoms with van der Waals surface area (Å²) in [5.74, 6) is 0.336. The predicted molar refractivity (Wildman–Crippen MR) is 118 cm³/mol. The molecule has 2 N–H and O–H groups in total. The van der Waals surface area contributed by atoms with Gasteiger partial charge in [0.15, 0.2) is 9.77 Å². The maximum Gasteiger partial charge on any atom is 0.257 e. The number of carbonyl (C=O) groups is 1. The molecule has 0 radical (unpaired) electrons. The van der Waals surface area contributed by atoms with Crippen molar-refractivity contribution in [2.45, 2.75) is 23.9 Å². The number of aromatic amines is 1. The summed E-state index contributed by atoms with van der Waals surface area (Å²) >= 11 is 2.77. The fourth-order valence-electron chi connectivity index (χ4n) is 3.01. The van der Waals surface area contributed by atoms with Crippen LogP contribution >= 0.6 is 23.1 Å². The van der Waals surface area contributed by atoms with Crippen LogP contribution in [0, 0.1) is 13.8 Å². The number of carbonyl (C=O) groups excluding carboxylic acids is 1. The Morgan fingerprint density at radius 2 is 1.86 bits per heavy atom. The maximum absolute atomic E-state index is 12.5. The van der Waals surface area contributed by atoms with Crippen molar-refractivity contribution in [2.75, 3.05) is 5.32 Å². The summed E-state index contributed by atoms with van der Waals surface area (Å²) in [7, 11) is 0. The number of amides is 1. The molecule has 0 bridgehead atoms. The van der Waals surface area contributed by atoms with Gasteiger partial charge in [0.25, 0.3) is 5.91 Å². The fraction of sp³-hybridized carbons (Fsp3) is 0.143. The molecule has 4 aromatic rings. The summed E-state index contributed by atoms with van der Waals surface area (Å²) in [5, 5.41) is 12.1. The lowest BCUT2D eigenvalue weighted by molar-refractivity contribution is 0.102. The van der Waals surface area contributed by atoms with Gasteiger partial charge in [0.2, 0.25) is 5.13 Å². The first-order chi connectivity index (χ1) is 14.0. The number of hydrogen-bond donors (Lipinski definition) is 2. The van der Waals surface area contributed by atoms with Crippen molar-refractivity contribution in [1.29, 1.82) is 0 Å². The van der Waals surface area contributed by atoms with Crippen molar-refractivity contribution < 1.29 is 4.79 Å². The van der Waals surface area contributed by atoms with Crippen LogP contribution in [0.5, 0.6) is 0 Å². The minimum atomic E-state index is -0.219. The zero-order valence-corrected chi connectivity index (χ0v) is 17.5. The molecule has 0 saturated heterocycles. The number of hydrogen-bond acceptors (Lipinski definition) is 6. The van der Waals surface area contributed by atoms with E-state index in [2.05, 4.69) is 20.5 Å². The number of anilines is 1. The van der Waals surface area contributed by atoms with Crippen molar-refractivity contribution >= 4 is 45.0 Å². The molecule has 0 unspecified atom stereocenters. The maximum atomic E-state index is 12.5. The van der Waals surface area contributed by atoms with E-state index >= 15 is 0 Å². The number of nitrogens with zero attached hydrogens (tertiary/aromatic N) is 2. The van der Waals surface area contributed by atoms with Crippen molar-refractivity contribution in [1.82, 2.24) is 15.2 Å². The van der Waals surface area contributed by atoms with E-state index in [1.807, 2.05) is 44.2 Å². The Balaban J connectivity index is 1.47. The number of H-pyrrole nitrogens is 1. The molecule has 4 rings (SSSR count). The Morgan fingerprint density at radius 1 is 1.10 bits per heavy atom. The van der Waals surface area contributed by atoms with Crippen LogP contribution in [0.3, 0.4) is 0 Å². The van der Waals surface area contributed by atoms with Gasteiger partial charge in [-0.3, -0.25) is 14.9 Å². The van der Waals surface area contributed by atoms with Gasteiger partial charge in [0.1, 0.15) is 0 Å². The molecule has 2 aromatic carbocycles.